The Balaban J connectivity index is 2.21. The van der Waals surface area contributed by atoms with Crippen molar-refractivity contribution in [2.45, 2.75) is 12.5 Å². The quantitative estimate of drug-likeness (QED) is 0.579. The summed E-state index contributed by atoms with van der Waals surface area (Å²) in [4.78, 5) is 0. The zero-order valence-electron chi connectivity index (χ0n) is 10.7. The van der Waals surface area contributed by atoms with Crippen LogP contribution in [0.2, 0.25) is 0 Å². The number of methoxy groups -OCH3 is 1. The molecule has 0 saturated carbocycles. The molecule has 0 fully saturated rings. The van der Waals surface area contributed by atoms with Gasteiger partial charge < -0.3 is 9.84 Å². The van der Waals surface area contributed by atoms with Crippen molar-refractivity contribution in [3.63, 3.8) is 0 Å². The van der Waals surface area contributed by atoms with Crippen LogP contribution in [-0.4, -0.2) is 12.2 Å². The number of ether oxygens (including phenoxy) is 1. The molecule has 0 aliphatic rings. The van der Waals surface area contributed by atoms with Gasteiger partial charge in [-0.25, -0.2) is 0 Å². The summed E-state index contributed by atoms with van der Waals surface area (Å²) < 4.78 is 8.14. The molecule has 0 radical (unpaired) electrons. The van der Waals surface area contributed by atoms with E-state index in [0.717, 1.165) is 29.4 Å². The zero-order valence-corrected chi connectivity index (χ0v) is 16.1. The molecule has 0 amide bonds. The van der Waals surface area contributed by atoms with Gasteiger partial charge in [-0.3, -0.25) is 0 Å². The van der Waals surface area contributed by atoms with Gasteiger partial charge in [0.2, 0.25) is 0 Å². The van der Waals surface area contributed by atoms with Gasteiger partial charge in [0.05, 0.1) is 17.7 Å². The van der Waals surface area contributed by atoms with Crippen LogP contribution in [0.3, 0.4) is 0 Å². The third kappa shape index (κ3) is 3.96. The maximum atomic E-state index is 10.4. The largest absolute Gasteiger partial charge is 0.496 e. The molecule has 0 saturated heterocycles. The number of rotatable bonds is 4. The molecule has 0 aromatic heterocycles. The first kappa shape index (κ1) is 16.3. The molecule has 5 heteroatoms. The Morgan fingerprint density at radius 2 is 1.90 bits per heavy atom. The van der Waals surface area contributed by atoms with E-state index in [2.05, 4.69) is 54.5 Å². The smallest absolute Gasteiger partial charge is 0.133 e. The molecule has 0 heterocycles. The van der Waals surface area contributed by atoms with Gasteiger partial charge in [0, 0.05) is 14.5 Å². The van der Waals surface area contributed by atoms with E-state index in [9.17, 15) is 5.11 Å². The predicted octanol–water partition coefficient (Wildman–Crippen LogP) is 5.10. The molecule has 1 unspecified atom stereocenters. The van der Waals surface area contributed by atoms with Crippen LogP contribution in [0.25, 0.3) is 0 Å². The highest BCUT2D eigenvalue weighted by Gasteiger charge is 2.13. The van der Waals surface area contributed by atoms with Gasteiger partial charge in [0.15, 0.2) is 0 Å². The zero-order chi connectivity index (χ0) is 14.7. The van der Waals surface area contributed by atoms with Crippen LogP contribution in [0.5, 0.6) is 5.75 Å². The van der Waals surface area contributed by atoms with E-state index in [1.165, 1.54) is 0 Å². The first-order valence-electron chi connectivity index (χ1n) is 5.96. The van der Waals surface area contributed by atoms with Crippen molar-refractivity contribution in [3.05, 3.63) is 60.0 Å². The van der Waals surface area contributed by atoms with Crippen LogP contribution >= 0.6 is 54.5 Å². The molecule has 2 nitrogen and oxygen atoms in total. The third-order valence-corrected chi connectivity index (χ3v) is 4.98. The van der Waals surface area contributed by atoms with Crippen molar-refractivity contribution >= 4 is 54.5 Å². The van der Waals surface area contributed by atoms with E-state index in [0.29, 0.717) is 6.42 Å². The second-order valence-corrected chi connectivity index (χ2v) is 7.31. The summed E-state index contributed by atoms with van der Waals surface area (Å²) in [5.74, 6) is 0.790. The fourth-order valence-electron chi connectivity index (χ4n) is 1.94. The first-order chi connectivity index (χ1) is 9.51. The minimum atomic E-state index is -0.542. The summed E-state index contributed by atoms with van der Waals surface area (Å²) in [6.45, 7) is 0. The summed E-state index contributed by atoms with van der Waals surface area (Å²) in [6, 6.07) is 11.8. The standard InChI is InChI=1S/C15H13Br2IO2/c1-20-15-5-2-9(6-13(15)17)7-14(19)11-8-10(18)3-4-12(11)16/h2-6,8,14,19H,7H2,1H3. The predicted molar refractivity (Wildman–Crippen MR) is 96.2 cm³/mol. The summed E-state index contributed by atoms with van der Waals surface area (Å²) in [5, 5.41) is 10.4. The maximum absolute atomic E-state index is 10.4. The van der Waals surface area contributed by atoms with Crippen LogP contribution in [0.1, 0.15) is 17.2 Å². The topological polar surface area (TPSA) is 29.5 Å². The molecule has 1 N–H and O–H groups in total. The lowest BCUT2D eigenvalue weighted by atomic mass is 10.0. The Hall–Kier alpha value is -0.110. The van der Waals surface area contributed by atoms with E-state index in [-0.39, 0.29) is 0 Å². The van der Waals surface area contributed by atoms with Gasteiger partial charge in [-0.1, -0.05) is 22.0 Å². The second-order valence-electron chi connectivity index (χ2n) is 4.35. The SMILES string of the molecule is COc1ccc(CC(O)c2cc(I)ccc2Br)cc1Br. The van der Waals surface area contributed by atoms with E-state index in [1.807, 2.05) is 36.4 Å². The highest BCUT2D eigenvalue weighted by molar-refractivity contribution is 14.1. The Labute approximate surface area is 148 Å². The van der Waals surface area contributed by atoms with Gasteiger partial charge in [-0.15, -0.1) is 0 Å². The normalized spacial score (nSPS) is 12.2. The van der Waals surface area contributed by atoms with E-state index >= 15 is 0 Å². The number of aliphatic hydroxyl groups excluding tert-OH is 1. The Bertz CT molecular complexity index is 617. The summed E-state index contributed by atoms with van der Waals surface area (Å²) in [5.41, 5.74) is 1.96. The molecule has 2 aromatic rings. The molecule has 1 atom stereocenters. The number of halogens is 3. The average Bonchev–Trinajstić information content (AvgIpc) is 2.41. The fourth-order valence-corrected chi connectivity index (χ4v) is 3.55. The van der Waals surface area contributed by atoms with Crippen LogP contribution in [-0.2, 0) is 6.42 Å². The summed E-state index contributed by atoms with van der Waals surface area (Å²) in [7, 11) is 1.64. The van der Waals surface area contributed by atoms with Crippen molar-refractivity contribution in [3.8, 4) is 5.75 Å². The summed E-state index contributed by atoms with van der Waals surface area (Å²) in [6.07, 6.45) is 0.0146. The molecule has 0 spiro atoms. The number of hydrogen-bond acceptors (Lipinski definition) is 2. The highest BCUT2D eigenvalue weighted by atomic mass is 127. The van der Waals surface area contributed by atoms with Crippen molar-refractivity contribution in [1.29, 1.82) is 0 Å². The molecule has 106 valence electrons. The van der Waals surface area contributed by atoms with Gasteiger partial charge in [-0.05, 0) is 80.0 Å². The van der Waals surface area contributed by atoms with Gasteiger partial charge in [-0.2, -0.15) is 0 Å². The van der Waals surface area contributed by atoms with E-state index < -0.39 is 6.10 Å². The van der Waals surface area contributed by atoms with Crippen molar-refractivity contribution in [2.75, 3.05) is 7.11 Å². The molecule has 2 rings (SSSR count). The lowest BCUT2D eigenvalue weighted by Gasteiger charge is -2.14. The fraction of sp³-hybridized carbons (Fsp3) is 0.200. The van der Waals surface area contributed by atoms with Crippen LogP contribution in [0, 0.1) is 3.57 Å². The molecule has 2 aromatic carbocycles. The van der Waals surface area contributed by atoms with Crippen molar-refractivity contribution in [2.24, 2.45) is 0 Å². The Kier molecular flexibility index (Phi) is 5.89. The second kappa shape index (κ2) is 7.24. The third-order valence-electron chi connectivity index (χ3n) is 2.96. The first-order valence-corrected chi connectivity index (χ1v) is 8.63. The van der Waals surface area contributed by atoms with Gasteiger partial charge in [0.25, 0.3) is 0 Å². The monoisotopic (exact) mass is 510 g/mol. The number of benzene rings is 2. The minimum absolute atomic E-state index is 0.542. The Morgan fingerprint density at radius 3 is 2.55 bits per heavy atom. The number of aliphatic hydroxyl groups is 1. The minimum Gasteiger partial charge on any atom is -0.496 e. The lowest BCUT2D eigenvalue weighted by Crippen LogP contribution is -2.03. The average molecular weight is 512 g/mol. The summed E-state index contributed by atoms with van der Waals surface area (Å²) >= 11 is 9.20. The van der Waals surface area contributed by atoms with Crippen LogP contribution in [0.15, 0.2) is 45.3 Å². The molecule has 0 aliphatic carbocycles. The number of hydrogen-bond donors (Lipinski definition) is 1. The van der Waals surface area contributed by atoms with Crippen LogP contribution < -0.4 is 4.74 Å². The van der Waals surface area contributed by atoms with E-state index in [4.69, 9.17) is 4.74 Å². The molecular weight excluding hydrogens is 499 g/mol. The van der Waals surface area contributed by atoms with Gasteiger partial charge >= 0.3 is 0 Å². The van der Waals surface area contributed by atoms with Gasteiger partial charge in [0.1, 0.15) is 5.75 Å². The molecule has 0 bridgehead atoms. The Morgan fingerprint density at radius 1 is 1.15 bits per heavy atom. The maximum Gasteiger partial charge on any atom is 0.133 e. The van der Waals surface area contributed by atoms with E-state index in [1.54, 1.807) is 7.11 Å². The molecular formula is C15H13Br2IO2. The molecule has 0 aliphatic heterocycles. The highest BCUT2D eigenvalue weighted by Crippen LogP contribution is 2.30. The molecule has 20 heavy (non-hydrogen) atoms. The van der Waals surface area contributed by atoms with Crippen molar-refractivity contribution in [1.82, 2.24) is 0 Å². The van der Waals surface area contributed by atoms with Crippen LogP contribution in [0.4, 0.5) is 0 Å². The lowest BCUT2D eigenvalue weighted by molar-refractivity contribution is 0.177. The van der Waals surface area contributed by atoms with Crippen molar-refractivity contribution < 1.29 is 9.84 Å².